The first-order chi connectivity index (χ1) is 12.8. The van der Waals surface area contributed by atoms with Crippen molar-refractivity contribution in [2.45, 2.75) is 18.2 Å². The van der Waals surface area contributed by atoms with Gasteiger partial charge in [-0.05, 0) is 25.5 Å². The van der Waals surface area contributed by atoms with Crippen molar-refractivity contribution in [1.82, 2.24) is 19.5 Å². The van der Waals surface area contributed by atoms with Crippen LogP contribution in [0.2, 0.25) is 0 Å². The lowest BCUT2D eigenvalue weighted by atomic mass is 10.3. The Bertz CT molecular complexity index is 941. The number of nitrogens with zero attached hydrogens (tertiary/aromatic N) is 4. The van der Waals surface area contributed by atoms with Gasteiger partial charge in [0.2, 0.25) is 10.0 Å². The fourth-order valence-corrected chi connectivity index (χ4v) is 3.95. The number of hydrogen-bond donors (Lipinski definition) is 0. The minimum atomic E-state index is -3.80. The van der Waals surface area contributed by atoms with Crippen LogP contribution in [0.5, 0.6) is 0 Å². The Morgan fingerprint density at radius 3 is 2.48 bits per heavy atom. The molecule has 1 aromatic heterocycles. The molecule has 10 heteroatoms. The summed E-state index contributed by atoms with van der Waals surface area (Å²) in [7, 11) is -2.46. The second kappa shape index (κ2) is 7.49. The van der Waals surface area contributed by atoms with Crippen LogP contribution in [0.4, 0.5) is 0 Å². The fourth-order valence-electron chi connectivity index (χ4n) is 2.81. The number of sulfonamides is 1. The smallest absolute Gasteiger partial charge is 0.294 e. The number of benzene rings is 1. The first-order valence-corrected chi connectivity index (χ1v) is 9.81. The largest absolute Gasteiger partial charge is 0.361 e. The number of rotatable bonds is 5. The second-order valence-electron chi connectivity index (χ2n) is 6.20. The molecular weight excluding hydrogens is 372 g/mol. The highest BCUT2D eigenvalue weighted by Crippen LogP contribution is 2.18. The van der Waals surface area contributed by atoms with E-state index in [0.29, 0.717) is 25.3 Å². The molecule has 144 valence electrons. The Balaban J connectivity index is 1.72. The van der Waals surface area contributed by atoms with Crippen LogP contribution < -0.4 is 0 Å². The van der Waals surface area contributed by atoms with Gasteiger partial charge in [0, 0.05) is 26.2 Å². The Morgan fingerprint density at radius 1 is 1.19 bits per heavy atom. The maximum absolute atomic E-state index is 12.7. The van der Waals surface area contributed by atoms with Crippen LogP contribution in [-0.4, -0.2) is 66.4 Å². The zero-order valence-electron chi connectivity index (χ0n) is 15.0. The fraction of sp³-hybridized carbons (Fsp3) is 0.353. The van der Waals surface area contributed by atoms with E-state index in [0.717, 1.165) is 4.31 Å². The van der Waals surface area contributed by atoms with E-state index in [1.54, 1.807) is 25.1 Å². The van der Waals surface area contributed by atoms with Crippen LogP contribution in [0.25, 0.3) is 0 Å². The maximum atomic E-state index is 12.7. The molecule has 0 atom stereocenters. The molecule has 0 N–H and O–H groups in total. The number of amides is 2. The summed E-state index contributed by atoms with van der Waals surface area (Å²) < 4.78 is 31.0. The molecule has 2 heterocycles. The third-order valence-corrected chi connectivity index (χ3v) is 6.03. The van der Waals surface area contributed by atoms with Gasteiger partial charge in [-0.1, -0.05) is 23.4 Å². The molecule has 1 aliphatic rings. The molecule has 0 unspecified atom stereocenters. The van der Waals surface area contributed by atoms with Gasteiger partial charge in [-0.3, -0.25) is 9.59 Å². The third-order valence-electron chi connectivity index (χ3n) is 4.21. The number of likely N-dealkylation sites (N-methyl/N-ethyl adjacent to an activating group) is 1. The van der Waals surface area contributed by atoms with Gasteiger partial charge in [-0.2, -0.15) is 4.31 Å². The highest BCUT2D eigenvalue weighted by molar-refractivity contribution is 7.89. The van der Waals surface area contributed by atoms with E-state index in [2.05, 4.69) is 5.16 Å². The van der Waals surface area contributed by atoms with Gasteiger partial charge in [0.25, 0.3) is 11.8 Å². The standard InChI is InChI=1S/C17H20N4O5S/c1-13-11-15(18-26-13)17(23)21-10-6-9-20(21)16(22)12-19(2)27(24,25)14-7-4-3-5-8-14/h3-5,7-8,11H,6,9-10,12H2,1-2H3. The summed E-state index contributed by atoms with van der Waals surface area (Å²) in [6.07, 6.45) is 0.601. The summed E-state index contributed by atoms with van der Waals surface area (Å²) in [5.74, 6) is -0.446. The second-order valence-corrected chi connectivity index (χ2v) is 8.24. The highest BCUT2D eigenvalue weighted by atomic mass is 32.2. The molecule has 1 fully saturated rings. The number of aryl methyl sites for hydroxylation is 1. The summed E-state index contributed by atoms with van der Waals surface area (Å²) in [6.45, 7) is 1.98. The number of carbonyl (C=O) groups is 2. The predicted molar refractivity (Wildman–Crippen MR) is 94.9 cm³/mol. The monoisotopic (exact) mass is 392 g/mol. The Hall–Kier alpha value is -2.72. The Morgan fingerprint density at radius 2 is 1.85 bits per heavy atom. The normalized spacial score (nSPS) is 14.8. The average molecular weight is 392 g/mol. The molecule has 1 aliphatic heterocycles. The topological polar surface area (TPSA) is 104 Å². The van der Waals surface area contributed by atoms with Crippen LogP contribution in [0.3, 0.4) is 0 Å². The van der Waals surface area contributed by atoms with Gasteiger partial charge in [0.1, 0.15) is 5.76 Å². The average Bonchev–Trinajstić information content (AvgIpc) is 3.31. The zero-order valence-corrected chi connectivity index (χ0v) is 15.8. The van der Waals surface area contributed by atoms with Crippen LogP contribution in [-0.2, 0) is 14.8 Å². The highest BCUT2D eigenvalue weighted by Gasteiger charge is 2.34. The van der Waals surface area contributed by atoms with Crippen LogP contribution >= 0.6 is 0 Å². The van der Waals surface area contributed by atoms with Gasteiger partial charge < -0.3 is 4.52 Å². The molecule has 3 rings (SSSR count). The van der Waals surface area contributed by atoms with E-state index in [4.69, 9.17) is 4.52 Å². The van der Waals surface area contributed by atoms with Crippen LogP contribution in [0, 0.1) is 6.92 Å². The van der Waals surface area contributed by atoms with Gasteiger partial charge >= 0.3 is 0 Å². The maximum Gasteiger partial charge on any atom is 0.294 e. The third kappa shape index (κ3) is 3.86. The number of hydrazine groups is 1. The summed E-state index contributed by atoms with van der Waals surface area (Å²) in [4.78, 5) is 25.3. The molecule has 0 spiro atoms. The van der Waals surface area contributed by atoms with Crippen molar-refractivity contribution in [3.8, 4) is 0 Å². The van der Waals surface area contributed by atoms with E-state index in [1.807, 2.05) is 0 Å². The van der Waals surface area contributed by atoms with Gasteiger partial charge in [-0.25, -0.2) is 18.4 Å². The molecule has 0 saturated carbocycles. The van der Waals surface area contributed by atoms with Crippen LogP contribution in [0.15, 0.2) is 45.8 Å². The lowest BCUT2D eigenvalue weighted by Gasteiger charge is -2.28. The van der Waals surface area contributed by atoms with Crippen LogP contribution in [0.1, 0.15) is 22.7 Å². The number of hydrogen-bond acceptors (Lipinski definition) is 6. The lowest BCUT2D eigenvalue weighted by Crippen LogP contribution is -2.49. The molecule has 2 aromatic rings. The predicted octanol–water partition coefficient (Wildman–Crippen LogP) is 0.893. The summed E-state index contributed by atoms with van der Waals surface area (Å²) >= 11 is 0. The first-order valence-electron chi connectivity index (χ1n) is 8.37. The lowest BCUT2D eigenvalue weighted by molar-refractivity contribution is -0.140. The molecule has 0 aliphatic carbocycles. The Kier molecular flexibility index (Phi) is 5.29. The van der Waals surface area contributed by atoms with Gasteiger partial charge in [0.15, 0.2) is 5.69 Å². The molecule has 27 heavy (non-hydrogen) atoms. The molecule has 0 bridgehead atoms. The zero-order chi connectivity index (χ0) is 19.6. The summed E-state index contributed by atoms with van der Waals surface area (Å²) in [5, 5.41) is 6.23. The molecule has 9 nitrogen and oxygen atoms in total. The molecule has 0 radical (unpaired) electrons. The van der Waals surface area contributed by atoms with Crippen molar-refractivity contribution in [3.63, 3.8) is 0 Å². The van der Waals surface area contributed by atoms with E-state index in [1.165, 1.54) is 35.3 Å². The van der Waals surface area contributed by atoms with Crippen molar-refractivity contribution in [2.24, 2.45) is 0 Å². The minimum absolute atomic E-state index is 0.104. The van der Waals surface area contributed by atoms with Crippen molar-refractivity contribution in [2.75, 3.05) is 26.7 Å². The quantitative estimate of drug-likeness (QED) is 0.749. The SMILES string of the molecule is Cc1cc(C(=O)N2CCCN2C(=O)CN(C)S(=O)(=O)c2ccccc2)no1. The molecule has 1 saturated heterocycles. The summed E-state index contributed by atoms with van der Waals surface area (Å²) in [5.41, 5.74) is 0.109. The molecule has 1 aromatic carbocycles. The van der Waals surface area contributed by atoms with E-state index in [9.17, 15) is 18.0 Å². The molecule has 2 amide bonds. The van der Waals surface area contributed by atoms with Crippen molar-refractivity contribution in [1.29, 1.82) is 0 Å². The Labute approximate surface area is 157 Å². The van der Waals surface area contributed by atoms with Crippen molar-refractivity contribution >= 4 is 21.8 Å². The van der Waals surface area contributed by atoms with E-state index >= 15 is 0 Å². The van der Waals surface area contributed by atoms with Crippen molar-refractivity contribution in [3.05, 3.63) is 47.9 Å². The minimum Gasteiger partial charge on any atom is -0.361 e. The molecular formula is C17H20N4O5S. The van der Waals surface area contributed by atoms with E-state index < -0.39 is 21.8 Å². The van der Waals surface area contributed by atoms with Gasteiger partial charge in [-0.15, -0.1) is 0 Å². The number of carbonyl (C=O) groups excluding carboxylic acids is 2. The summed E-state index contributed by atoms with van der Waals surface area (Å²) in [6, 6.07) is 9.37. The van der Waals surface area contributed by atoms with Gasteiger partial charge in [0.05, 0.1) is 11.4 Å². The van der Waals surface area contributed by atoms with Crippen molar-refractivity contribution < 1.29 is 22.5 Å². The first kappa shape index (κ1) is 19.1. The van der Waals surface area contributed by atoms with E-state index in [-0.39, 0.29) is 17.1 Å². The number of aromatic nitrogens is 1.